The van der Waals surface area contributed by atoms with Gasteiger partial charge in [-0.2, -0.15) is 0 Å². The van der Waals surface area contributed by atoms with Gasteiger partial charge in [0.1, 0.15) is 6.61 Å². The van der Waals surface area contributed by atoms with Crippen LogP contribution in [0.1, 0.15) is 29.2 Å². The minimum absolute atomic E-state index is 0.0594. The van der Waals surface area contributed by atoms with Crippen LogP contribution in [0.25, 0.3) is 22.3 Å². The highest BCUT2D eigenvalue weighted by molar-refractivity contribution is 5.86. The molecule has 0 heterocycles. The molecule has 0 atom stereocenters. The summed E-state index contributed by atoms with van der Waals surface area (Å²) in [6, 6.07) is 31.6. The zero-order chi connectivity index (χ0) is 26.2. The highest BCUT2D eigenvalue weighted by atomic mass is 16.6. The first kappa shape index (κ1) is 25.7. The summed E-state index contributed by atoms with van der Waals surface area (Å²) in [6.45, 7) is 5.04. The molecular formula is C32H31NO4. The van der Waals surface area contributed by atoms with Crippen molar-refractivity contribution in [3.63, 3.8) is 0 Å². The Kier molecular flexibility index (Phi) is 8.37. The van der Waals surface area contributed by atoms with Crippen molar-refractivity contribution in [3.05, 3.63) is 119 Å². The molecule has 0 saturated carbocycles. The third-order valence-electron chi connectivity index (χ3n) is 6.28. The van der Waals surface area contributed by atoms with Crippen LogP contribution in [0, 0.1) is 6.92 Å². The van der Waals surface area contributed by atoms with E-state index in [-0.39, 0.29) is 19.1 Å². The SMILES string of the molecule is CCN(Cc1cc(C)ccc1-c1cc(CC(=O)O)ccc1-c1ccccc1)C(=O)OCc1ccccc1. The number of carboxylic acids is 1. The molecule has 0 radical (unpaired) electrons. The molecule has 4 rings (SSSR count). The lowest BCUT2D eigenvalue weighted by molar-refractivity contribution is -0.136. The Bertz CT molecular complexity index is 1370. The van der Waals surface area contributed by atoms with Crippen LogP contribution in [0.5, 0.6) is 0 Å². The molecule has 0 aliphatic carbocycles. The molecule has 0 spiro atoms. The molecule has 0 aliphatic rings. The number of aryl methyl sites for hydroxylation is 1. The lowest BCUT2D eigenvalue weighted by Gasteiger charge is -2.23. The minimum Gasteiger partial charge on any atom is -0.481 e. The molecule has 0 aliphatic heterocycles. The first-order chi connectivity index (χ1) is 17.9. The Balaban J connectivity index is 1.70. The van der Waals surface area contributed by atoms with Gasteiger partial charge in [-0.1, -0.05) is 96.6 Å². The minimum atomic E-state index is -0.874. The van der Waals surface area contributed by atoms with Crippen molar-refractivity contribution < 1.29 is 19.4 Å². The van der Waals surface area contributed by atoms with E-state index in [1.165, 1.54) is 0 Å². The van der Waals surface area contributed by atoms with Gasteiger partial charge in [-0.3, -0.25) is 4.79 Å². The number of nitrogens with zero attached hydrogens (tertiary/aromatic N) is 1. The van der Waals surface area contributed by atoms with Gasteiger partial charge in [-0.05, 0) is 58.9 Å². The summed E-state index contributed by atoms with van der Waals surface area (Å²) < 4.78 is 5.61. The predicted octanol–water partition coefficient (Wildman–Crippen LogP) is 7.11. The summed E-state index contributed by atoms with van der Waals surface area (Å²) >= 11 is 0. The summed E-state index contributed by atoms with van der Waals surface area (Å²) in [7, 11) is 0. The second kappa shape index (κ2) is 12.0. The first-order valence-electron chi connectivity index (χ1n) is 12.4. The summed E-state index contributed by atoms with van der Waals surface area (Å²) in [5.74, 6) is -0.874. The molecule has 0 aromatic heterocycles. The van der Waals surface area contributed by atoms with Gasteiger partial charge in [0.15, 0.2) is 0 Å². The van der Waals surface area contributed by atoms with Gasteiger partial charge in [0, 0.05) is 13.1 Å². The molecule has 1 amide bonds. The lowest BCUT2D eigenvalue weighted by atomic mass is 9.89. The zero-order valence-corrected chi connectivity index (χ0v) is 21.2. The molecule has 188 valence electrons. The number of aliphatic carboxylic acids is 1. The summed E-state index contributed by atoms with van der Waals surface area (Å²) in [5, 5.41) is 9.39. The van der Waals surface area contributed by atoms with Gasteiger partial charge >= 0.3 is 12.1 Å². The van der Waals surface area contributed by atoms with Crippen molar-refractivity contribution in [2.45, 2.75) is 33.4 Å². The molecule has 0 bridgehead atoms. The number of benzene rings is 4. The Morgan fingerprint density at radius 1 is 0.784 bits per heavy atom. The highest BCUT2D eigenvalue weighted by Crippen LogP contribution is 2.36. The topological polar surface area (TPSA) is 66.8 Å². The Labute approximate surface area is 218 Å². The van der Waals surface area contributed by atoms with E-state index in [4.69, 9.17) is 4.74 Å². The highest BCUT2D eigenvalue weighted by Gasteiger charge is 2.19. The normalized spacial score (nSPS) is 10.6. The smallest absolute Gasteiger partial charge is 0.410 e. The number of carbonyl (C=O) groups is 2. The number of carboxylic acid groups (broad SMARTS) is 1. The summed E-state index contributed by atoms with van der Waals surface area (Å²) in [4.78, 5) is 26.1. The van der Waals surface area contributed by atoms with E-state index in [1.807, 2.05) is 98.8 Å². The zero-order valence-electron chi connectivity index (χ0n) is 21.2. The summed E-state index contributed by atoms with van der Waals surface area (Å²) in [6.07, 6.45) is -0.433. The maximum Gasteiger partial charge on any atom is 0.410 e. The molecule has 4 aromatic carbocycles. The van der Waals surface area contributed by atoms with E-state index < -0.39 is 5.97 Å². The van der Waals surface area contributed by atoms with E-state index in [2.05, 4.69) is 12.1 Å². The number of ether oxygens (including phenoxy) is 1. The van der Waals surface area contributed by atoms with E-state index in [0.29, 0.717) is 13.1 Å². The second-order valence-electron chi connectivity index (χ2n) is 9.03. The van der Waals surface area contributed by atoms with E-state index in [1.54, 1.807) is 4.90 Å². The number of rotatable bonds is 9. The van der Waals surface area contributed by atoms with Crippen molar-refractivity contribution in [3.8, 4) is 22.3 Å². The quantitative estimate of drug-likeness (QED) is 0.270. The monoisotopic (exact) mass is 493 g/mol. The Morgan fingerprint density at radius 2 is 1.46 bits per heavy atom. The average molecular weight is 494 g/mol. The van der Waals surface area contributed by atoms with Crippen LogP contribution in [0.15, 0.2) is 97.1 Å². The maximum absolute atomic E-state index is 13.0. The van der Waals surface area contributed by atoms with Gasteiger partial charge in [0.05, 0.1) is 6.42 Å². The van der Waals surface area contributed by atoms with Crippen LogP contribution in [-0.2, 0) is 29.1 Å². The average Bonchev–Trinajstić information content (AvgIpc) is 2.91. The fourth-order valence-corrected chi connectivity index (χ4v) is 4.41. The van der Waals surface area contributed by atoms with E-state index >= 15 is 0 Å². The summed E-state index contributed by atoms with van der Waals surface area (Å²) in [5.41, 5.74) is 7.67. The third-order valence-corrected chi connectivity index (χ3v) is 6.28. The number of amides is 1. The van der Waals surface area contributed by atoms with Crippen molar-refractivity contribution >= 4 is 12.1 Å². The molecule has 1 N–H and O–H groups in total. The number of carbonyl (C=O) groups excluding carboxylic acids is 1. The second-order valence-corrected chi connectivity index (χ2v) is 9.03. The molecule has 0 unspecified atom stereocenters. The van der Waals surface area contributed by atoms with Crippen LogP contribution in [0.4, 0.5) is 4.79 Å². The van der Waals surface area contributed by atoms with Gasteiger partial charge < -0.3 is 14.7 Å². The molecule has 37 heavy (non-hydrogen) atoms. The van der Waals surface area contributed by atoms with Crippen LogP contribution in [0.3, 0.4) is 0 Å². The molecule has 4 aromatic rings. The van der Waals surface area contributed by atoms with Crippen LogP contribution in [0.2, 0.25) is 0 Å². The largest absolute Gasteiger partial charge is 0.481 e. The van der Waals surface area contributed by atoms with Gasteiger partial charge in [0.2, 0.25) is 0 Å². The van der Waals surface area contributed by atoms with Gasteiger partial charge in [-0.25, -0.2) is 4.79 Å². The van der Waals surface area contributed by atoms with Gasteiger partial charge in [0.25, 0.3) is 0 Å². The third kappa shape index (κ3) is 6.64. The molecule has 5 heteroatoms. The predicted molar refractivity (Wildman–Crippen MR) is 146 cm³/mol. The van der Waals surface area contributed by atoms with Crippen LogP contribution >= 0.6 is 0 Å². The lowest BCUT2D eigenvalue weighted by Crippen LogP contribution is -2.31. The van der Waals surface area contributed by atoms with Crippen molar-refractivity contribution in [2.75, 3.05) is 6.54 Å². The van der Waals surface area contributed by atoms with Crippen molar-refractivity contribution in [2.24, 2.45) is 0 Å². The number of hydrogen-bond acceptors (Lipinski definition) is 3. The molecule has 0 saturated heterocycles. The first-order valence-corrected chi connectivity index (χ1v) is 12.4. The standard InChI is InChI=1S/C32H31NO4/c1-3-33(32(36)37-22-24-10-6-4-7-11-24)21-27-18-23(2)14-16-29(27)30-19-25(20-31(34)35)15-17-28(30)26-12-8-5-9-13-26/h4-19H,3,20-22H2,1-2H3,(H,34,35). The fourth-order valence-electron chi connectivity index (χ4n) is 4.41. The van der Waals surface area contributed by atoms with Crippen molar-refractivity contribution in [1.82, 2.24) is 4.90 Å². The molecular weight excluding hydrogens is 462 g/mol. The van der Waals surface area contributed by atoms with E-state index in [9.17, 15) is 14.7 Å². The van der Waals surface area contributed by atoms with Gasteiger partial charge in [-0.15, -0.1) is 0 Å². The van der Waals surface area contributed by atoms with Crippen molar-refractivity contribution in [1.29, 1.82) is 0 Å². The molecule has 0 fully saturated rings. The van der Waals surface area contributed by atoms with E-state index in [0.717, 1.165) is 44.5 Å². The fraction of sp³-hybridized carbons (Fsp3) is 0.188. The Hall–Kier alpha value is -4.38. The van der Waals surface area contributed by atoms with Crippen LogP contribution in [-0.4, -0.2) is 28.6 Å². The maximum atomic E-state index is 13.0. The van der Waals surface area contributed by atoms with Crippen LogP contribution < -0.4 is 0 Å². The molecule has 5 nitrogen and oxygen atoms in total. The number of hydrogen-bond donors (Lipinski definition) is 1. The Morgan fingerprint density at radius 3 is 2.14 bits per heavy atom.